The molecule has 1 aromatic heterocycles. The molecular formula is C20H18N4O3. The summed E-state index contributed by atoms with van der Waals surface area (Å²) >= 11 is 0. The largest absolute Gasteiger partial charge is 0.493 e. The number of anilines is 1. The second-order valence-corrected chi connectivity index (χ2v) is 5.94. The van der Waals surface area contributed by atoms with E-state index in [2.05, 4.69) is 10.4 Å². The Kier molecular flexibility index (Phi) is 4.13. The first-order valence-corrected chi connectivity index (χ1v) is 8.31. The van der Waals surface area contributed by atoms with Gasteiger partial charge in [-0.3, -0.25) is 10.2 Å². The van der Waals surface area contributed by atoms with Gasteiger partial charge in [0.1, 0.15) is 0 Å². The number of ether oxygens (including phenoxy) is 2. The van der Waals surface area contributed by atoms with Crippen LogP contribution in [0.5, 0.6) is 11.5 Å². The number of hydrazine groups is 1. The van der Waals surface area contributed by atoms with Crippen molar-refractivity contribution in [1.29, 1.82) is 0 Å². The van der Waals surface area contributed by atoms with Gasteiger partial charge in [0.2, 0.25) is 5.95 Å². The van der Waals surface area contributed by atoms with Crippen molar-refractivity contribution in [3.8, 4) is 17.2 Å². The zero-order valence-corrected chi connectivity index (χ0v) is 14.9. The molecule has 0 atom stereocenters. The molecule has 0 amide bonds. The molecule has 1 heterocycles. The molecule has 136 valence electrons. The van der Waals surface area contributed by atoms with Crippen molar-refractivity contribution in [2.45, 2.75) is 0 Å². The molecule has 0 bridgehead atoms. The first-order chi connectivity index (χ1) is 13.2. The number of methoxy groups -OCH3 is 2. The summed E-state index contributed by atoms with van der Waals surface area (Å²) in [5, 5.41) is 2.33. The van der Waals surface area contributed by atoms with Crippen LogP contribution in [0.3, 0.4) is 0 Å². The summed E-state index contributed by atoms with van der Waals surface area (Å²) in [5.74, 6) is 6.87. The lowest BCUT2D eigenvalue weighted by Gasteiger charge is -2.16. The second-order valence-electron chi connectivity index (χ2n) is 5.94. The molecule has 7 nitrogen and oxygen atoms in total. The number of benzene rings is 3. The maximum atomic E-state index is 13.4. The highest BCUT2D eigenvalue weighted by Gasteiger charge is 2.17. The first kappa shape index (κ1) is 16.9. The molecule has 0 aliphatic rings. The van der Waals surface area contributed by atoms with Crippen LogP contribution in [-0.2, 0) is 0 Å². The summed E-state index contributed by atoms with van der Waals surface area (Å²) in [6, 6.07) is 16.8. The van der Waals surface area contributed by atoms with E-state index in [1.807, 2.05) is 42.5 Å². The molecule has 4 rings (SSSR count). The van der Waals surface area contributed by atoms with Crippen molar-refractivity contribution in [2.24, 2.45) is 5.84 Å². The van der Waals surface area contributed by atoms with E-state index >= 15 is 0 Å². The van der Waals surface area contributed by atoms with E-state index in [0.717, 1.165) is 10.8 Å². The van der Waals surface area contributed by atoms with Gasteiger partial charge in [0.15, 0.2) is 11.5 Å². The summed E-state index contributed by atoms with van der Waals surface area (Å²) in [7, 11) is 3.05. The average Bonchev–Trinajstić information content (AvgIpc) is 2.72. The summed E-state index contributed by atoms with van der Waals surface area (Å²) in [6.45, 7) is 0. The Balaban J connectivity index is 2.11. The zero-order valence-electron chi connectivity index (χ0n) is 14.9. The van der Waals surface area contributed by atoms with Crippen LogP contribution in [0.15, 0.2) is 59.4 Å². The highest BCUT2D eigenvalue weighted by atomic mass is 16.5. The average molecular weight is 362 g/mol. The number of nitrogens with zero attached hydrogens (tertiary/aromatic N) is 2. The molecule has 0 aliphatic carbocycles. The fraction of sp³-hybridized carbons (Fsp3) is 0.100. The topological polar surface area (TPSA) is 91.4 Å². The van der Waals surface area contributed by atoms with Crippen molar-refractivity contribution >= 4 is 27.6 Å². The first-order valence-electron chi connectivity index (χ1n) is 8.31. The predicted molar refractivity (Wildman–Crippen MR) is 106 cm³/mol. The highest BCUT2D eigenvalue weighted by molar-refractivity contribution is 5.91. The summed E-state index contributed by atoms with van der Waals surface area (Å²) in [4.78, 5) is 17.9. The number of hydrogen-bond acceptors (Lipinski definition) is 6. The molecule has 0 spiro atoms. The Morgan fingerprint density at radius 2 is 1.67 bits per heavy atom. The van der Waals surface area contributed by atoms with Crippen LogP contribution in [0.2, 0.25) is 0 Å². The molecule has 0 radical (unpaired) electrons. The maximum absolute atomic E-state index is 13.4. The van der Waals surface area contributed by atoms with Gasteiger partial charge in [-0.15, -0.1) is 0 Å². The predicted octanol–water partition coefficient (Wildman–Crippen LogP) is 2.84. The van der Waals surface area contributed by atoms with Gasteiger partial charge in [-0.05, 0) is 17.5 Å². The van der Waals surface area contributed by atoms with Gasteiger partial charge in [0.25, 0.3) is 5.56 Å². The third-order valence-corrected chi connectivity index (χ3v) is 4.51. The minimum Gasteiger partial charge on any atom is -0.493 e. The fourth-order valence-electron chi connectivity index (χ4n) is 3.24. The molecule has 3 aromatic carbocycles. The number of fused-ring (bicyclic) bond motifs is 2. The van der Waals surface area contributed by atoms with Crippen molar-refractivity contribution in [2.75, 3.05) is 19.6 Å². The summed E-state index contributed by atoms with van der Waals surface area (Å²) in [5.41, 5.74) is 3.43. The third kappa shape index (κ3) is 2.65. The van der Waals surface area contributed by atoms with Crippen molar-refractivity contribution < 1.29 is 9.47 Å². The normalized spacial score (nSPS) is 10.9. The lowest BCUT2D eigenvalue weighted by molar-refractivity contribution is 0.355. The number of nitrogen functional groups attached to an aromatic ring is 1. The van der Waals surface area contributed by atoms with E-state index in [0.29, 0.717) is 28.1 Å². The minimum absolute atomic E-state index is 0.232. The SMILES string of the molecule is COc1cc2nc(NN)n(-c3cccc4ccccc34)c(=O)c2cc1OC. The van der Waals surface area contributed by atoms with Crippen LogP contribution in [0.1, 0.15) is 0 Å². The van der Waals surface area contributed by atoms with Crippen LogP contribution in [0.25, 0.3) is 27.4 Å². The van der Waals surface area contributed by atoms with Gasteiger partial charge in [-0.1, -0.05) is 36.4 Å². The van der Waals surface area contributed by atoms with Crippen LogP contribution in [-0.4, -0.2) is 23.8 Å². The lowest BCUT2D eigenvalue weighted by atomic mass is 10.1. The second kappa shape index (κ2) is 6.62. The Bertz CT molecular complexity index is 1210. The number of aromatic nitrogens is 2. The molecule has 3 N–H and O–H groups in total. The van der Waals surface area contributed by atoms with Crippen LogP contribution in [0.4, 0.5) is 5.95 Å². The Labute approximate surface area is 154 Å². The molecule has 7 heteroatoms. The van der Waals surface area contributed by atoms with Crippen LogP contribution < -0.4 is 26.3 Å². The van der Waals surface area contributed by atoms with Gasteiger partial charge in [-0.2, -0.15) is 0 Å². The quantitative estimate of drug-likeness (QED) is 0.428. The lowest BCUT2D eigenvalue weighted by Crippen LogP contribution is -2.26. The zero-order chi connectivity index (χ0) is 19.0. The van der Waals surface area contributed by atoms with Crippen molar-refractivity contribution in [1.82, 2.24) is 9.55 Å². The van der Waals surface area contributed by atoms with Gasteiger partial charge in [0, 0.05) is 11.5 Å². The van der Waals surface area contributed by atoms with Gasteiger partial charge in [0.05, 0.1) is 30.8 Å². The standard InChI is InChI=1S/C20H18N4O3/c1-26-17-10-14-15(11-18(17)27-2)22-20(23-21)24(19(14)25)16-9-5-7-12-6-3-4-8-13(12)16/h3-11H,21H2,1-2H3,(H,22,23). The number of hydrogen-bond donors (Lipinski definition) is 2. The molecular weight excluding hydrogens is 344 g/mol. The molecule has 27 heavy (non-hydrogen) atoms. The Hall–Kier alpha value is -3.58. The molecule has 0 aliphatic heterocycles. The van der Waals surface area contributed by atoms with Crippen LogP contribution in [0, 0.1) is 0 Å². The number of rotatable bonds is 4. The monoisotopic (exact) mass is 362 g/mol. The van der Waals surface area contributed by atoms with Gasteiger partial charge >= 0.3 is 0 Å². The smallest absolute Gasteiger partial charge is 0.267 e. The summed E-state index contributed by atoms with van der Waals surface area (Å²) < 4.78 is 12.1. The maximum Gasteiger partial charge on any atom is 0.267 e. The molecule has 0 saturated heterocycles. The molecule has 4 aromatic rings. The Morgan fingerprint density at radius 3 is 2.41 bits per heavy atom. The van der Waals surface area contributed by atoms with E-state index in [1.54, 1.807) is 12.1 Å². The van der Waals surface area contributed by atoms with Gasteiger partial charge in [-0.25, -0.2) is 15.4 Å². The number of nitrogens with two attached hydrogens (primary N) is 1. The molecule has 0 fully saturated rings. The van der Waals surface area contributed by atoms with Crippen molar-refractivity contribution in [3.05, 3.63) is 65.0 Å². The van der Waals surface area contributed by atoms with E-state index in [9.17, 15) is 4.79 Å². The van der Waals surface area contributed by atoms with E-state index in [1.165, 1.54) is 18.8 Å². The van der Waals surface area contributed by atoms with Gasteiger partial charge < -0.3 is 9.47 Å². The van der Waals surface area contributed by atoms with Crippen LogP contribution >= 0.6 is 0 Å². The minimum atomic E-state index is -0.259. The number of nitrogens with one attached hydrogen (secondary N) is 1. The Morgan fingerprint density at radius 1 is 0.963 bits per heavy atom. The third-order valence-electron chi connectivity index (χ3n) is 4.51. The highest BCUT2D eigenvalue weighted by Crippen LogP contribution is 2.31. The van der Waals surface area contributed by atoms with Crippen molar-refractivity contribution in [3.63, 3.8) is 0 Å². The molecule has 0 saturated carbocycles. The van der Waals surface area contributed by atoms with E-state index in [4.69, 9.17) is 15.3 Å². The van der Waals surface area contributed by atoms with E-state index < -0.39 is 0 Å². The molecule has 0 unspecified atom stereocenters. The fourth-order valence-corrected chi connectivity index (χ4v) is 3.24. The van der Waals surface area contributed by atoms with E-state index in [-0.39, 0.29) is 11.5 Å². The summed E-state index contributed by atoms with van der Waals surface area (Å²) in [6.07, 6.45) is 0.